The van der Waals surface area contributed by atoms with Crippen molar-refractivity contribution in [2.45, 2.75) is 18.4 Å². The minimum atomic E-state index is -3.89. The second-order valence-corrected chi connectivity index (χ2v) is 10.4. The lowest BCUT2D eigenvalue weighted by molar-refractivity contribution is -0.121. The Labute approximate surface area is 188 Å². The van der Waals surface area contributed by atoms with Crippen molar-refractivity contribution in [1.29, 1.82) is 0 Å². The van der Waals surface area contributed by atoms with Gasteiger partial charge >= 0.3 is 0 Å². The van der Waals surface area contributed by atoms with Crippen LogP contribution in [-0.2, 0) is 21.4 Å². The number of rotatable bonds is 8. The van der Waals surface area contributed by atoms with E-state index in [0.717, 1.165) is 24.8 Å². The molecule has 0 fully saturated rings. The van der Waals surface area contributed by atoms with Crippen LogP contribution in [0.5, 0.6) is 0 Å². The van der Waals surface area contributed by atoms with Gasteiger partial charge in [-0.2, -0.15) is 9.41 Å². The first kappa shape index (κ1) is 22.4. The number of amides is 1. The molecular formula is C21H20BrN3O3S2. The molecule has 30 heavy (non-hydrogen) atoms. The number of halogens is 1. The molecular weight excluding hydrogens is 486 g/mol. The van der Waals surface area contributed by atoms with E-state index < -0.39 is 15.9 Å². The maximum atomic E-state index is 13.2. The van der Waals surface area contributed by atoms with Gasteiger partial charge in [0.1, 0.15) is 0 Å². The Morgan fingerprint density at radius 1 is 1.13 bits per heavy atom. The summed E-state index contributed by atoms with van der Waals surface area (Å²) in [6.07, 6.45) is 1.52. The number of thiophene rings is 1. The van der Waals surface area contributed by atoms with Crippen molar-refractivity contribution < 1.29 is 13.2 Å². The van der Waals surface area contributed by atoms with Crippen molar-refractivity contribution in [3.05, 3.63) is 86.5 Å². The highest BCUT2D eigenvalue weighted by Crippen LogP contribution is 2.21. The fourth-order valence-corrected chi connectivity index (χ4v) is 4.84. The summed E-state index contributed by atoms with van der Waals surface area (Å²) in [6, 6.07) is 17.6. The quantitative estimate of drug-likeness (QED) is 0.368. The van der Waals surface area contributed by atoms with Gasteiger partial charge in [0.15, 0.2) is 0 Å². The molecule has 1 aromatic heterocycles. The molecule has 3 rings (SSSR count). The van der Waals surface area contributed by atoms with Gasteiger partial charge in [0.05, 0.1) is 17.7 Å². The lowest BCUT2D eigenvalue weighted by Crippen LogP contribution is -2.39. The maximum absolute atomic E-state index is 13.2. The molecule has 0 saturated carbocycles. The molecule has 6 nitrogen and oxygen atoms in total. The Morgan fingerprint density at radius 3 is 2.47 bits per heavy atom. The third kappa shape index (κ3) is 6.09. The molecule has 0 unspecified atom stereocenters. The van der Waals surface area contributed by atoms with Crippen molar-refractivity contribution in [3.63, 3.8) is 0 Å². The minimum Gasteiger partial charge on any atom is -0.272 e. The summed E-state index contributed by atoms with van der Waals surface area (Å²) in [5.74, 6) is -0.518. The number of hydrogen-bond donors (Lipinski definition) is 1. The smallest absolute Gasteiger partial charge is 0.255 e. The van der Waals surface area contributed by atoms with Crippen LogP contribution in [-0.4, -0.2) is 31.4 Å². The highest BCUT2D eigenvalue weighted by molar-refractivity contribution is 9.10. The van der Waals surface area contributed by atoms with E-state index >= 15 is 0 Å². The van der Waals surface area contributed by atoms with Crippen molar-refractivity contribution in [2.24, 2.45) is 5.10 Å². The number of nitrogens with one attached hydrogen (secondary N) is 1. The third-order valence-electron chi connectivity index (χ3n) is 4.18. The van der Waals surface area contributed by atoms with Crippen molar-refractivity contribution in [3.8, 4) is 0 Å². The number of nitrogens with zero attached hydrogens (tertiary/aromatic N) is 2. The number of benzene rings is 2. The monoisotopic (exact) mass is 505 g/mol. The normalized spacial score (nSPS) is 11.8. The molecule has 1 heterocycles. The van der Waals surface area contributed by atoms with Crippen LogP contribution in [0.15, 0.2) is 80.5 Å². The molecule has 0 aliphatic heterocycles. The summed E-state index contributed by atoms with van der Waals surface area (Å²) in [6.45, 7) is 1.67. The van der Waals surface area contributed by atoms with E-state index in [9.17, 15) is 13.2 Å². The molecule has 0 spiro atoms. The summed E-state index contributed by atoms with van der Waals surface area (Å²) < 4.78 is 28.3. The van der Waals surface area contributed by atoms with Crippen LogP contribution >= 0.6 is 27.3 Å². The van der Waals surface area contributed by atoms with Crippen molar-refractivity contribution in [1.82, 2.24) is 9.73 Å². The Morgan fingerprint density at radius 2 is 1.83 bits per heavy atom. The summed E-state index contributed by atoms with van der Waals surface area (Å²) in [5.41, 5.74) is 4.26. The molecule has 1 N–H and O–H groups in total. The zero-order valence-corrected chi connectivity index (χ0v) is 19.4. The highest BCUT2D eigenvalue weighted by atomic mass is 79.9. The second kappa shape index (κ2) is 10.1. The summed E-state index contributed by atoms with van der Waals surface area (Å²) >= 11 is 4.79. The van der Waals surface area contributed by atoms with E-state index in [1.54, 1.807) is 12.1 Å². The van der Waals surface area contributed by atoms with Crippen LogP contribution in [0.2, 0.25) is 0 Å². The van der Waals surface area contributed by atoms with E-state index in [4.69, 9.17) is 0 Å². The first-order valence-electron chi connectivity index (χ1n) is 9.01. The van der Waals surface area contributed by atoms with Gasteiger partial charge in [0, 0.05) is 15.9 Å². The molecule has 9 heteroatoms. The molecule has 3 aromatic rings. The highest BCUT2D eigenvalue weighted by Gasteiger charge is 2.27. The average molecular weight is 506 g/mol. The van der Waals surface area contributed by atoms with Crippen LogP contribution < -0.4 is 5.43 Å². The van der Waals surface area contributed by atoms with Crippen molar-refractivity contribution in [2.75, 3.05) is 6.54 Å². The predicted octanol–water partition coefficient (Wildman–Crippen LogP) is 4.16. The van der Waals surface area contributed by atoms with Crippen LogP contribution in [0.1, 0.15) is 16.0 Å². The van der Waals surface area contributed by atoms with E-state index in [0.29, 0.717) is 0 Å². The Kier molecular flexibility index (Phi) is 7.54. The largest absolute Gasteiger partial charge is 0.272 e. The average Bonchev–Trinajstić information content (AvgIpc) is 3.23. The fourth-order valence-electron chi connectivity index (χ4n) is 2.61. The molecule has 1 amide bonds. The fraction of sp³-hybridized carbons (Fsp3) is 0.143. The third-order valence-corrected chi connectivity index (χ3v) is 7.32. The zero-order valence-electron chi connectivity index (χ0n) is 16.2. The summed E-state index contributed by atoms with van der Waals surface area (Å²) in [4.78, 5) is 13.4. The number of aryl methyl sites for hydroxylation is 1. The van der Waals surface area contributed by atoms with Gasteiger partial charge in [-0.3, -0.25) is 4.79 Å². The number of sulfonamides is 1. The lowest BCUT2D eigenvalue weighted by Gasteiger charge is -2.21. The Balaban J connectivity index is 1.80. The van der Waals surface area contributed by atoms with Gasteiger partial charge in [-0.1, -0.05) is 51.8 Å². The topological polar surface area (TPSA) is 78.8 Å². The molecule has 0 atom stereocenters. The standard InChI is InChI=1S/C21H20BrN3O3S2/c1-16-4-6-17(7-5-16)14-25(30(27,28)20-10-8-18(22)9-11-20)15-21(26)24-23-13-19-3-2-12-29-19/h2-13H,14-15H2,1H3,(H,24,26)/b23-13-. The Hall–Kier alpha value is -2.33. The Bertz CT molecular complexity index is 1110. The molecule has 156 valence electrons. The first-order valence-corrected chi connectivity index (χ1v) is 12.1. The number of hydrazone groups is 1. The molecule has 0 aliphatic rings. The minimum absolute atomic E-state index is 0.0702. The molecule has 0 bridgehead atoms. The molecule has 0 saturated heterocycles. The first-order chi connectivity index (χ1) is 14.3. The van der Waals surface area contributed by atoms with Gasteiger partial charge in [-0.25, -0.2) is 13.8 Å². The molecule has 2 aromatic carbocycles. The van der Waals surface area contributed by atoms with Crippen LogP contribution in [0.25, 0.3) is 0 Å². The maximum Gasteiger partial charge on any atom is 0.255 e. The lowest BCUT2D eigenvalue weighted by atomic mass is 10.1. The summed E-state index contributed by atoms with van der Waals surface area (Å²) in [7, 11) is -3.89. The van der Waals surface area contributed by atoms with Crippen molar-refractivity contribution >= 4 is 49.4 Å². The second-order valence-electron chi connectivity index (χ2n) is 6.52. The van der Waals surface area contributed by atoms with E-state index in [1.165, 1.54) is 29.7 Å². The number of carbonyl (C=O) groups is 1. The summed E-state index contributed by atoms with van der Waals surface area (Å²) in [5, 5.41) is 5.81. The van der Waals surface area contributed by atoms with Crippen LogP contribution in [0.3, 0.4) is 0 Å². The zero-order chi connectivity index (χ0) is 21.6. The van der Waals surface area contributed by atoms with E-state index in [1.807, 2.05) is 48.7 Å². The van der Waals surface area contributed by atoms with E-state index in [2.05, 4.69) is 26.5 Å². The van der Waals surface area contributed by atoms with Crippen LogP contribution in [0.4, 0.5) is 0 Å². The van der Waals surface area contributed by atoms with Gasteiger partial charge in [-0.15, -0.1) is 11.3 Å². The van der Waals surface area contributed by atoms with Gasteiger partial charge in [0.25, 0.3) is 5.91 Å². The molecule has 0 aliphatic carbocycles. The van der Waals surface area contributed by atoms with Gasteiger partial charge in [-0.05, 0) is 48.2 Å². The SMILES string of the molecule is Cc1ccc(CN(CC(=O)N/N=C\c2cccs2)S(=O)(=O)c2ccc(Br)cc2)cc1. The van der Waals surface area contributed by atoms with E-state index in [-0.39, 0.29) is 18.0 Å². The predicted molar refractivity (Wildman–Crippen MR) is 123 cm³/mol. The number of carbonyl (C=O) groups excluding carboxylic acids is 1. The van der Waals surface area contributed by atoms with Gasteiger partial charge in [0.2, 0.25) is 10.0 Å². The molecule has 0 radical (unpaired) electrons. The van der Waals surface area contributed by atoms with Crippen LogP contribution in [0, 0.1) is 6.92 Å². The van der Waals surface area contributed by atoms with Gasteiger partial charge < -0.3 is 0 Å². The number of hydrogen-bond acceptors (Lipinski definition) is 5.